The van der Waals surface area contributed by atoms with Gasteiger partial charge in [0.2, 0.25) is 0 Å². The highest BCUT2D eigenvalue weighted by atomic mass is 16.7. The summed E-state index contributed by atoms with van der Waals surface area (Å²) in [5.74, 6) is -0.375. The topological polar surface area (TPSA) is 109 Å². The van der Waals surface area contributed by atoms with E-state index in [1.165, 1.54) is 84.2 Å². The molecule has 1 saturated heterocycles. The number of nitrogens with one attached hydrogen (secondary N) is 2. The molecule has 3 N–H and O–H groups in total. The lowest BCUT2D eigenvalue weighted by Gasteiger charge is -2.43. The minimum atomic E-state index is -0.806. The lowest BCUT2D eigenvalue weighted by Crippen LogP contribution is -2.47. The first-order valence-electron chi connectivity index (χ1n) is 23.4. The number of hydrogen-bond acceptors (Lipinski definition) is 7. The first-order chi connectivity index (χ1) is 30.3. The maximum atomic E-state index is 12.9. The highest BCUT2D eigenvalue weighted by Crippen LogP contribution is 2.42. The molecule has 1 aliphatic heterocycles. The molecule has 4 aromatic carbocycles. The Morgan fingerprint density at radius 3 is 1.94 bits per heavy atom. The summed E-state index contributed by atoms with van der Waals surface area (Å²) in [6.45, 7) is 10.1. The number of hydrogen-bond donors (Lipinski definition) is 3. The van der Waals surface area contributed by atoms with Crippen LogP contribution in [0.1, 0.15) is 138 Å². The molecule has 62 heavy (non-hydrogen) atoms. The molecule has 0 saturated carbocycles. The van der Waals surface area contributed by atoms with Gasteiger partial charge in [0.15, 0.2) is 6.29 Å². The molecule has 9 nitrogen and oxygen atoms in total. The molecule has 5 rings (SSSR count). The molecule has 0 radical (unpaired) electrons. The number of carbonyl (C=O) groups is 2. The fraction of sp³-hybridized carbons (Fsp3) is 0.509. The van der Waals surface area contributed by atoms with Crippen LogP contribution >= 0.6 is 0 Å². The van der Waals surface area contributed by atoms with Crippen molar-refractivity contribution in [1.82, 2.24) is 15.5 Å². The maximum Gasteiger partial charge on any atom is 0.328 e. The number of urea groups is 1. The van der Waals surface area contributed by atoms with Crippen molar-refractivity contribution in [2.45, 2.75) is 142 Å². The molecular formula is C53H73N3O6. The van der Waals surface area contributed by atoms with Gasteiger partial charge in [0, 0.05) is 31.0 Å². The van der Waals surface area contributed by atoms with Crippen LogP contribution < -0.4 is 10.6 Å². The van der Waals surface area contributed by atoms with Gasteiger partial charge in [-0.25, -0.2) is 9.59 Å². The molecular weight excluding hydrogens is 775 g/mol. The van der Waals surface area contributed by atoms with E-state index in [9.17, 15) is 14.7 Å². The first kappa shape index (κ1) is 48.5. The van der Waals surface area contributed by atoms with Gasteiger partial charge in [-0.05, 0) is 65.4 Å². The predicted octanol–water partition coefficient (Wildman–Crippen LogP) is 11.2. The van der Waals surface area contributed by atoms with Crippen molar-refractivity contribution in [3.63, 3.8) is 0 Å². The van der Waals surface area contributed by atoms with Crippen LogP contribution in [-0.4, -0.2) is 60.9 Å². The number of rotatable bonds is 26. The van der Waals surface area contributed by atoms with Gasteiger partial charge in [0.25, 0.3) is 0 Å². The van der Waals surface area contributed by atoms with Gasteiger partial charge < -0.3 is 34.9 Å². The van der Waals surface area contributed by atoms with Crippen LogP contribution in [-0.2, 0) is 38.6 Å². The van der Waals surface area contributed by atoms with Gasteiger partial charge in [-0.3, -0.25) is 0 Å². The summed E-state index contributed by atoms with van der Waals surface area (Å²) in [5, 5.41) is 15.4. The van der Waals surface area contributed by atoms with E-state index < -0.39 is 24.3 Å². The number of methoxy groups -OCH3 is 1. The molecule has 0 aliphatic carbocycles. The average Bonchev–Trinajstić information content (AvgIpc) is 3.31. The van der Waals surface area contributed by atoms with Crippen molar-refractivity contribution < 1.29 is 28.9 Å². The van der Waals surface area contributed by atoms with E-state index >= 15 is 0 Å². The van der Waals surface area contributed by atoms with Crippen molar-refractivity contribution >= 4 is 12.0 Å². The standard InChI is InChI=1S/C53H73N3O6/c1-5-7-9-11-13-18-33-56(34-19-14-12-10-8-6-2)38-49-40(3)50(45-27-25-42(39-57)26-28-45)62-52(61-49)46-31-29-44(30-32-46)47-24-20-23-43(35-47)37-54-53(59)55-48(51(58)60-4)36-41-21-16-15-17-22-41/h15-17,20-32,35,40,48-50,52,57H,5-14,18-19,33-34,36-39H2,1-4H3,(H2,54,55,59). The molecule has 1 aliphatic rings. The maximum absolute atomic E-state index is 12.9. The number of amides is 2. The Bertz CT molecular complexity index is 1850. The SMILES string of the molecule is CCCCCCCCN(CCCCCCCC)CC1OC(c2ccc(-c3cccc(CNC(=O)NC(Cc4ccccc4)C(=O)OC)c3)cc2)OC(c2ccc(CO)cc2)C1C. The van der Waals surface area contributed by atoms with Crippen LogP contribution in [0.15, 0.2) is 103 Å². The zero-order valence-corrected chi connectivity index (χ0v) is 37.9. The number of unbranched alkanes of at least 4 members (excludes halogenated alkanes) is 10. The van der Waals surface area contributed by atoms with Gasteiger partial charge in [-0.2, -0.15) is 0 Å². The van der Waals surface area contributed by atoms with Crippen LogP contribution in [0.3, 0.4) is 0 Å². The molecule has 0 spiro atoms. The van der Waals surface area contributed by atoms with E-state index in [4.69, 9.17) is 14.2 Å². The quantitative estimate of drug-likeness (QED) is 0.0426. The third-order valence-corrected chi connectivity index (χ3v) is 12.2. The largest absolute Gasteiger partial charge is 0.467 e. The Labute approximate surface area is 371 Å². The monoisotopic (exact) mass is 848 g/mol. The number of nitrogens with zero attached hydrogens (tertiary/aromatic N) is 1. The predicted molar refractivity (Wildman–Crippen MR) is 249 cm³/mol. The van der Waals surface area contributed by atoms with E-state index in [1.807, 2.05) is 54.6 Å². The summed E-state index contributed by atoms with van der Waals surface area (Å²) in [6.07, 6.45) is 15.0. The van der Waals surface area contributed by atoms with E-state index in [-0.39, 0.29) is 31.3 Å². The lowest BCUT2D eigenvalue weighted by molar-refractivity contribution is -0.276. The van der Waals surface area contributed by atoms with Crippen LogP contribution in [0, 0.1) is 5.92 Å². The Kier molecular flexibility index (Phi) is 21.0. The third kappa shape index (κ3) is 15.7. The summed E-state index contributed by atoms with van der Waals surface area (Å²) in [4.78, 5) is 28.1. The van der Waals surface area contributed by atoms with Crippen molar-refractivity contribution in [1.29, 1.82) is 0 Å². The molecule has 336 valence electrons. The van der Waals surface area contributed by atoms with Crippen molar-refractivity contribution in [3.05, 3.63) is 131 Å². The zero-order valence-electron chi connectivity index (χ0n) is 37.9. The van der Waals surface area contributed by atoms with Gasteiger partial charge >= 0.3 is 12.0 Å². The minimum absolute atomic E-state index is 0.00925. The first-order valence-corrected chi connectivity index (χ1v) is 23.4. The normalized spacial score (nSPS) is 18.0. The van der Waals surface area contributed by atoms with Crippen LogP contribution in [0.25, 0.3) is 11.1 Å². The number of aliphatic hydroxyl groups excluding tert-OH is 1. The Balaban J connectivity index is 1.26. The molecule has 1 heterocycles. The minimum Gasteiger partial charge on any atom is -0.467 e. The summed E-state index contributed by atoms with van der Waals surface area (Å²) in [6, 6.07) is 32.9. The number of ether oxygens (including phenoxy) is 3. The molecule has 9 heteroatoms. The summed E-state index contributed by atoms with van der Waals surface area (Å²) in [7, 11) is 1.32. The second-order valence-corrected chi connectivity index (χ2v) is 17.1. The van der Waals surface area contributed by atoms with Crippen LogP contribution in [0.4, 0.5) is 4.79 Å². The molecule has 4 aromatic rings. The molecule has 1 fully saturated rings. The summed E-state index contributed by atoms with van der Waals surface area (Å²) < 4.78 is 18.8. The fourth-order valence-corrected chi connectivity index (χ4v) is 8.38. The fourth-order valence-electron chi connectivity index (χ4n) is 8.38. The van der Waals surface area contributed by atoms with Crippen LogP contribution in [0.5, 0.6) is 0 Å². The smallest absolute Gasteiger partial charge is 0.328 e. The highest BCUT2D eigenvalue weighted by molar-refractivity contribution is 5.83. The Hall–Kier alpha value is -4.54. The molecule has 5 atom stereocenters. The Morgan fingerprint density at radius 2 is 1.31 bits per heavy atom. The molecule has 2 amide bonds. The van der Waals surface area contributed by atoms with E-state index in [0.717, 1.165) is 58.6 Å². The van der Waals surface area contributed by atoms with Gasteiger partial charge in [0.05, 0.1) is 25.9 Å². The third-order valence-electron chi connectivity index (χ3n) is 12.2. The van der Waals surface area contributed by atoms with Gasteiger partial charge in [0.1, 0.15) is 6.04 Å². The number of aliphatic hydroxyl groups is 1. The number of esters is 1. The van der Waals surface area contributed by atoms with Gasteiger partial charge in [-0.15, -0.1) is 0 Å². The van der Waals surface area contributed by atoms with E-state index in [0.29, 0.717) is 6.42 Å². The van der Waals surface area contributed by atoms with Crippen molar-refractivity contribution in [2.24, 2.45) is 5.92 Å². The second-order valence-electron chi connectivity index (χ2n) is 17.1. The number of benzene rings is 4. The summed E-state index contributed by atoms with van der Waals surface area (Å²) in [5.41, 5.74) is 6.86. The zero-order chi connectivity index (χ0) is 43.9. The Morgan fingerprint density at radius 1 is 0.694 bits per heavy atom. The summed E-state index contributed by atoms with van der Waals surface area (Å²) >= 11 is 0. The molecule has 5 unspecified atom stereocenters. The average molecular weight is 848 g/mol. The van der Waals surface area contributed by atoms with Crippen molar-refractivity contribution in [2.75, 3.05) is 26.7 Å². The van der Waals surface area contributed by atoms with Crippen molar-refractivity contribution in [3.8, 4) is 11.1 Å². The molecule has 0 bridgehead atoms. The van der Waals surface area contributed by atoms with Crippen LogP contribution in [0.2, 0.25) is 0 Å². The molecule has 0 aromatic heterocycles. The van der Waals surface area contributed by atoms with E-state index in [2.05, 4.69) is 84.8 Å². The lowest BCUT2D eigenvalue weighted by atomic mass is 9.89. The number of carbonyl (C=O) groups excluding carboxylic acids is 2. The van der Waals surface area contributed by atoms with E-state index in [1.54, 1.807) is 0 Å². The second kappa shape index (κ2) is 26.8. The van der Waals surface area contributed by atoms with Gasteiger partial charge in [-0.1, -0.05) is 182 Å². The highest BCUT2D eigenvalue weighted by Gasteiger charge is 2.39.